The summed E-state index contributed by atoms with van der Waals surface area (Å²) >= 11 is 1.60. The molecule has 0 bridgehead atoms. The molecule has 0 radical (unpaired) electrons. The molecule has 0 aliphatic heterocycles. The zero-order chi connectivity index (χ0) is 7.11. The Hall–Kier alpha value is -0.570. The molecule has 1 aromatic rings. The lowest BCUT2D eigenvalue weighted by atomic mass is 11.0. The Balaban J connectivity index is 0.000000291. The molecule has 0 aliphatic carbocycles. The molecule has 0 saturated heterocycles. The molecule has 1 rings (SSSR count). The number of hydrogen-bond donors (Lipinski definition) is 1. The van der Waals surface area contributed by atoms with Crippen LogP contribution in [0.1, 0.15) is 13.8 Å². The van der Waals surface area contributed by atoms with Crippen molar-refractivity contribution in [3.05, 3.63) is 11.6 Å². The van der Waals surface area contributed by atoms with Crippen LogP contribution >= 0.6 is 11.3 Å². The summed E-state index contributed by atoms with van der Waals surface area (Å²) in [6, 6.07) is 0. The second kappa shape index (κ2) is 5.56. The predicted molar refractivity (Wildman–Crippen MR) is 43.0 cm³/mol. The molecular weight excluding hydrogens is 132 g/mol. The lowest BCUT2D eigenvalue weighted by molar-refractivity contribution is 1.37. The molecule has 1 N–H and O–H groups in total. The zero-order valence-corrected chi connectivity index (χ0v) is 6.83. The maximum absolute atomic E-state index is 3.94. The van der Waals surface area contributed by atoms with Crippen LogP contribution in [0, 0.1) is 0 Å². The van der Waals surface area contributed by atoms with Crippen molar-refractivity contribution in [2.45, 2.75) is 13.8 Å². The van der Waals surface area contributed by atoms with E-state index in [1.165, 1.54) is 0 Å². The third kappa shape index (κ3) is 3.08. The highest BCUT2D eigenvalue weighted by Gasteiger charge is 1.82. The highest BCUT2D eigenvalue weighted by molar-refractivity contribution is 7.13. The van der Waals surface area contributed by atoms with Crippen LogP contribution < -0.4 is 5.32 Å². The second-order valence-corrected chi connectivity index (χ2v) is 1.98. The highest BCUT2D eigenvalue weighted by atomic mass is 32.1. The maximum Gasteiger partial charge on any atom is 0.182 e. The summed E-state index contributed by atoms with van der Waals surface area (Å²) in [5, 5.41) is 5.82. The Kier molecular flexibility index (Phi) is 5.21. The highest BCUT2D eigenvalue weighted by Crippen LogP contribution is 2.07. The van der Waals surface area contributed by atoms with Gasteiger partial charge in [-0.2, -0.15) is 0 Å². The van der Waals surface area contributed by atoms with Crippen LogP contribution in [0.25, 0.3) is 0 Å². The van der Waals surface area contributed by atoms with Gasteiger partial charge in [0, 0.05) is 18.6 Å². The fourth-order valence-electron chi connectivity index (χ4n) is 0.347. The Morgan fingerprint density at radius 1 is 1.56 bits per heavy atom. The number of rotatable bonds is 1. The summed E-state index contributed by atoms with van der Waals surface area (Å²) in [4.78, 5) is 3.94. The Morgan fingerprint density at radius 2 is 2.22 bits per heavy atom. The van der Waals surface area contributed by atoms with Gasteiger partial charge < -0.3 is 5.32 Å². The number of aromatic nitrogens is 1. The number of nitrogens with zero attached hydrogens (tertiary/aromatic N) is 1. The van der Waals surface area contributed by atoms with Gasteiger partial charge >= 0.3 is 0 Å². The van der Waals surface area contributed by atoms with Crippen molar-refractivity contribution in [3.8, 4) is 0 Å². The number of hydrogen-bond acceptors (Lipinski definition) is 3. The molecule has 0 unspecified atom stereocenters. The van der Waals surface area contributed by atoms with Crippen LogP contribution in [-0.2, 0) is 0 Å². The zero-order valence-electron chi connectivity index (χ0n) is 6.01. The summed E-state index contributed by atoms with van der Waals surface area (Å²) in [6.07, 6.45) is 1.77. The van der Waals surface area contributed by atoms with Crippen LogP contribution in [0.3, 0.4) is 0 Å². The van der Waals surface area contributed by atoms with Gasteiger partial charge in [0.2, 0.25) is 0 Å². The van der Waals surface area contributed by atoms with Gasteiger partial charge in [0.1, 0.15) is 0 Å². The van der Waals surface area contributed by atoms with Crippen molar-refractivity contribution in [2.75, 3.05) is 12.4 Å². The van der Waals surface area contributed by atoms with E-state index in [2.05, 4.69) is 10.3 Å². The fourth-order valence-corrected chi connectivity index (χ4v) is 0.837. The van der Waals surface area contributed by atoms with Crippen LogP contribution in [-0.4, -0.2) is 12.0 Å². The number of nitrogens with one attached hydrogen (secondary N) is 1. The molecule has 1 aromatic heterocycles. The van der Waals surface area contributed by atoms with E-state index in [9.17, 15) is 0 Å². The molecule has 0 aliphatic rings. The summed E-state index contributed by atoms with van der Waals surface area (Å²) in [6.45, 7) is 4.00. The van der Waals surface area contributed by atoms with E-state index in [4.69, 9.17) is 0 Å². The minimum absolute atomic E-state index is 0.972. The van der Waals surface area contributed by atoms with Gasteiger partial charge in [-0.3, -0.25) is 0 Å². The molecular formula is C6H12N2S. The quantitative estimate of drug-likeness (QED) is 0.653. The molecule has 0 fully saturated rings. The Morgan fingerprint density at radius 3 is 2.44 bits per heavy atom. The van der Waals surface area contributed by atoms with E-state index in [1.807, 2.05) is 26.3 Å². The minimum atomic E-state index is 0.972. The SMILES string of the molecule is CC.CNc1nccs1. The van der Waals surface area contributed by atoms with Gasteiger partial charge in [-0.25, -0.2) is 4.98 Å². The van der Waals surface area contributed by atoms with Gasteiger partial charge in [-0.1, -0.05) is 13.8 Å². The molecule has 1 heterocycles. The van der Waals surface area contributed by atoms with Crippen LogP contribution in [0.4, 0.5) is 5.13 Å². The topological polar surface area (TPSA) is 24.9 Å². The third-order valence-corrected chi connectivity index (χ3v) is 1.44. The van der Waals surface area contributed by atoms with Crippen LogP contribution in [0.15, 0.2) is 11.6 Å². The number of thiazole rings is 1. The first kappa shape index (κ1) is 8.43. The summed E-state index contributed by atoms with van der Waals surface area (Å²) in [5.74, 6) is 0. The molecule has 9 heavy (non-hydrogen) atoms. The monoisotopic (exact) mass is 144 g/mol. The van der Waals surface area contributed by atoms with E-state index in [0.717, 1.165) is 5.13 Å². The summed E-state index contributed by atoms with van der Waals surface area (Å²) in [7, 11) is 1.86. The van der Waals surface area contributed by atoms with Crippen molar-refractivity contribution in [2.24, 2.45) is 0 Å². The van der Waals surface area contributed by atoms with Crippen molar-refractivity contribution in [1.29, 1.82) is 0 Å². The van der Waals surface area contributed by atoms with Crippen LogP contribution in [0.5, 0.6) is 0 Å². The first-order valence-electron chi connectivity index (χ1n) is 3.00. The van der Waals surface area contributed by atoms with Gasteiger partial charge in [-0.15, -0.1) is 11.3 Å². The van der Waals surface area contributed by atoms with E-state index < -0.39 is 0 Å². The lowest BCUT2D eigenvalue weighted by Crippen LogP contribution is -1.83. The molecule has 3 heteroatoms. The molecule has 0 saturated carbocycles. The van der Waals surface area contributed by atoms with Crippen molar-refractivity contribution in [3.63, 3.8) is 0 Å². The van der Waals surface area contributed by atoms with Crippen molar-refractivity contribution in [1.82, 2.24) is 4.98 Å². The smallest absolute Gasteiger partial charge is 0.182 e. The Bertz CT molecular complexity index is 126. The molecule has 0 amide bonds. The number of anilines is 1. The van der Waals surface area contributed by atoms with Gasteiger partial charge in [0.25, 0.3) is 0 Å². The lowest BCUT2D eigenvalue weighted by Gasteiger charge is -1.84. The molecule has 0 spiro atoms. The predicted octanol–water partition coefficient (Wildman–Crippen LogP) is 2.21. The first-order valence-corrected chi connectivity index (χ1v) is 3.88. The van der Waals surface area contributed by atoms with E-state index >= 15 is 0 Å². The maximum atomic E-state index is 3.94. The average molecular weight is 144 g/mol. The Labute approximate surface area is 59.9 Å². The van der Waals surface area contributed by atoms with Gasteiger partial charge in [-0.05, 0) is 0 Å². The van der Waals surface area contributed by atoms with Crippen LogP contribution in [0.2, 0.25) is 0 Å². The normalized spacial score (nSPS) is 7.44. The molecule has 0 aromatic carbocycles. The van der Waals surface area contributed by atoms with E-state index in [0.29, 0.717) is 0 Å². The summed E-state index contributed by atoms with van der Waals surface area (Å²) in [5.41, 5.74) is 0. The standard InChI is InChI=1S/C4H6N2S.C2H6/c1-5-4-6-2-3-7-4;1-2/h2-3H,1H3,(H,5,6);1-2H3. The van der Waals surface area contributed by atoms with Crippen molar-refractivity contribution >= 4 is 16.5 Å². The third-order valence-electron chi connectivity index (χ3n) is 0.646. The van der Waals surface area contributed by atoms with E-state index in [-0.39, 0.29) is 0 Å². The second-order valence-electron chi connectivity index (χ2n) is 1.09. The largest absolute Gasteiger partial charge is 0.365 e. The average Bonchev–Trinajstić information content (AvgIpc) is 2.43. The minimum Gasteiger partial charge on any atom is -0.365 e. The molecule has 52 valence electrons. The van der Waals surface area contributed by atoms with Crippen molar-refractivity contribution < 1.29 is 0 Å². The van der Waals surface area contributed by atoms with Gasteiger partial charge in [0.15, 0.2) is 5.13 Å². The summed E-state index contributed by atoms with van der Waals surface area (Å²) < 4.78 is 0. The van der Waals surface area contributed by atoms with E-state index in [1.54, 1.807) is 17.5 Å². The molecule has 0 atom stereocenters. The fraction of sp³-hybridized carbons (Fsp3) is 0.500. The first-order chi connectivity index (χ1) is 4.43. The van der Waals surface area contributed by atoms with Gasteiger partial charge in [0.05, 0.1) is 0 Å². The molecule has 2 nitrogen and oxygen atoms in total.